The lowest BCUT2D eigenvalue weighted by molar-refractivity contribution is 0.341. The molecular weight excluding hydrogens is 156 g/mol. The molecule has 11 heavy (non-hydrogen) atoms. The largest absolute Gasteiger partial charge is 0.123 e. The summed E-state index contributed by atoms with van der Waals surface area (Å²) < 4.78 is 0. The first-order chi connectivity index (χ1) is 5.07. The Morgan fingerprint density at radius 3 is 2.00 bits per heavy atom. The van der Waals surface area contributed by atoms with Gasteiger partial charge in [-0.1, -0.05) is 33.6 Å². The van der Waals surface area contributed by atoms with Crippen molar-refractivity contribution >= 4 is 11.6 Å². The van der Waals surface area contributed by atoms with Crippen molar-refractivity contribution in [1.82, 2.24) is 0 Å². The topological polar surface area (TPSA) is 0 Å². The van der Waals surface area contributed by atoms with Gasteiger partial charge >= 0.3 is 0 Å². The molecule has 0 aliphatic heterocycles. The number of hydrogen-bond acceptors (Lipinski definition) is 0. The molecule has 0 amide bonds. The summed E-state index contributed by atoms with van der Waals surface area (Å²) >= 11 is 5.92. The Hall–Kier alpha value is 0.290. The highest BCUT2D eigenvalue weighted by Gasteiger charge is 2.12. The molecule has 0 aromatic rings. The Balaban J connectivity index is 3.54. The fourth-order valence-electron chi connectivity index (χ4n) is 1.48. The van der Waals surface area contributed by atoms with Crippen molar-refractivity contribution in [2.24, 2.45) is 11.8 Å². The van der Waals surface area contributed by atoms with E-state index in [1.807, 2.05) is 0 Å². The molecule has 68 valence electrons. The molecule has 3 unspecified atom stereocenters. The second-order valence-electron chi connectivity index (χ2n) is 3.76. The summed E-state index contributed by atoms with van der Waals surface area (Å²) in [6.45, 7) is 8.96. The van der Waals surface area contributed by atoms with E-state index < -0.39 is 0 Å². The molecule has 0 nitrogen and oxygen atoms in total. The lowest BCUT2D eigenvalue weighted by Crippen LogP contribution is -2.11. The Kier molecular flexibility index (Phi) is 6.03. The first-order valence-corrected chi connectivity index (χ1v) is 5.15. The fraction of sp³-hybridized carbons (Fsp3) is 1.00. The van der Waals surface area contributed by atoms with E-state index in [2.05, 4.69) is 27.7 Å². The van der Waals surface area contributed by atoms with Crippen LogP contribution >= 0.6 is 11.6 Å². The van der Waals surface area contributed by atoms with E-state index in [4.69, 9.17) is 11.6 Å². The summed E-state index contributed by atoms with van der Waals surface area (Å²) in [6.07, 6.45) is 3.79. The van der Waals surface area contributed by atoms with E-state index in [9.17, 15) is 0 Å². The fourth-order valence-corrected chi connectivity index (χ4v) is 1.77. The van der Waals surface area contributed by atoms with Gasteiger partial charge in [-0.05, 0) is 25.2 Å². The third-order valence-corrected chi connectivity index (χ3v) is 2.59. The third kappa shape index (κ3) is 5.55. The SMILES string of the molecule is CCCC(C)C(C)CC(C)Cl. The molecule has 0 saturated heterocycles. The molecule has 0 fully saturated rings. The molecule has 0 radical (unpaired) electrons. The highest BCUT2D eigenvalue weighted by molar-refractivity contribution is 6.20. The maximum absolute atomic E-state index is 5.92. The summed E-state index contributed by atoms with van der Waals surface area (Å²) in [4.78, 5) is 0. The second-order valence-corrected chi connectivity index (χ2v) is 4.50. The smallest absolute Gasteiger partial charge is 0.0310 e. The molecule has 0 aliphatic carbocycles. The Labute approximate surface area is 76.3 Å². The van der Waals surface area contributed by atoms with Gasteiger partial charge in [0.15, 0.2) is 0 Å². The minimum atomic E-state index is 0.337. The van der Waals surface area contributed by atoms with Crippen LogP contribution in [-0.4, -0.2) is 5.38 Å². The van der Waals surface area contributed by atoms with Gasteiger partial charge < -0.3 is 0 Å². The predicted octanol–water partition coefficient (Wildman–Crippen LogP) is 4.08. The van der Waals surface area contributed by atoms with E-state index in [0.717, 1.165) is 18.3 Å². The van der Waals surface area contributed by atoms with E-state index in [-0.39, 0.29) is 0 Å². The Morgan fingerprint density at radius 2 is 1.64 bits per heavy atom. The average molecular weight is 177 g/mol. The molecule has 0 spiro atoms. The summed E-state index contributed by atoms with van der Waals surface area (Å²) in [6, 6.07) is 0. The third-order valence-electron chi connectivity index (χ3n) is 2.41. The second kappa shape index (κ2) is 5.88. The zero-order valence-electron chi connectivity index (χ0n) is 8.23. The van der Waals surface area contributed by atoms with E-state index in [1.165, 1.54) is 12.8 Å². The molecule has 0 saturated carbocycles. The molecule has 0 bridgehead atoms. The van der Waals surface area contributed by atoms with Gasteiger partial charge in [0, 0.05) is 5.38 Å². The van der Waals surface area contributed by atoms with Crippen LogP contribution in [0.5, 0.6) is 0 Å². The monoisotopic (exact) mass is 176 g/mol. The van der Waals surface area contributed by atoms with Gasteiger partial charge in [0.25, 0.3) is 0 Å². The summed E-state index contributed by atoms with van der Waals surface area (Å²) in [5.41, 5.74) is 0. The van der Waals surface area contributed by atoms with Crippen molar-refractivity contribution < 1.29 is 0 Å². The minimum Gasteiger partial charge on any atom is -0.123 e. The molecule has 0 aromatic carbocycles. The quantitative estimate of drug-likeness (QED) is 0.554. The highest BCUT2D eigenvalue weighted by atomic mass is 35.5. The Bertz CT molecular complexity index is 88.9. The molecule has 0 aromatic heterocycles. The average Bonchev–Trinajstić information content (AvgIpc) is 1.86. The molecular formula is C10H21Cl. The lowest BCUT2D eigenvalue weighted by Gasteiger charge is -2.19. The minimum absolute atomic E-state index is 0.337. The van der Waals surface area contributed by atoms with Crippen LogP contribution in [0, 0.1) is 11.8 Å². The Morgan fingerprint density at radius 1 is 1.09 bits per heavy atom. The van der Waals surface area contributed by atoms with E-state index >= 15 is 0 Å². The van der Waals surface area contributed by atoms with E-state index in [0.29, 0.717) is 5.38 Å². The predicted molar refractivity (Wildman–Crippen MR) is 53.2 cm³/mol. The van der Waals surface area contributed by atoms with Crippen molar-refractivity contribution in [1.29, 1.82) is 0 Å². The van der Waals surface area contributed by atoms with Crippen LogP contribution in [-0.2, 0) is 0 Å². The van der Waals surface area contributed by atoms with Crippen LogP contribution < -0.4 is 0 Å². The summed E-state index contributed by atoms with van der Waals surface area (Å²) in [7, 11) is 0. The van der Waals surface area contributed by atoms with E-state index in [1.54, 1.807) is 0 Å². The maximum Gasteiger partial charge on any atom is 0.0310 e. The molecule has 1 heteroatoms. The van der Waals surface area contributed by atoms with Gasteiger partial charge in [-0.2, -0.15) is 0 Å². The van der Waals surface area contributed by atoms with Crippen molar-refractivity contribution in [3.8, 4) is 0 Å². The first-order valence-electron chi connectivity index (χ1n) is 4.72. The zero-order valence-corrected chi connectivity index (χ0v) is 8.99. The van der Waals surface area contributed by atoms with Gasteiger partial charge in [-0.25, -0.2) is 0 Å². The lowest BCUT2D eigenvalue weighted by atomic mass is 9.88. The molecule has 0 rings (SSSR count). The van der Waals surface area contributed by atoms with Gasteiger partial charge in [0.1, 0.15) is 0 Å². The highest BCUT2D eigenvalue weighted by Crippen LogP contribution is 2.22. The van der Waals surface area contributed by atoms with Crippen LogP contribution in [0.4, 0.5) is 0 Å². The zero-order chi connectivity index (χ0) is 8.85. The van der Waals surface area contributed by atoms with Crippen molar-refractivity contribution in [3.63, 3.8) is 0 Å². The molecule has 3 atom stereocenters. The number of rotatable bonds is 5. The van der Waals surface area contributed by atoms with Gasteiger partial charge in [-0.15, -0.1) is 11.6 Å². The maximum atomic E-state index is 5.92. The molecule has 0 heterocycles. The number of hydrogen-bond donors (Lipinski definition) is 0. The van der Waals surface area contributed by atoms with Crippen LogP contribution in [0.3, 0.4) is 0 Å². The first kappa shape index (κ1) is 11.3. The number of halogens is 1. The van der Waals surface area contributed by atoms with Crippen molar-refractivity contribution in [2.45, 2.75) is 52.3 Å². The number of alkyl halides is 1. The standard InChI is InChI=1S/C10H21Cl/c1-5-6-8(2)9(3)7-10(4)11/h8-10H,5-7H2,1-4H3. The van der Waals surface area contributed by atoms with Crippen molar-refractivity contribution in [3.05, 3.63) is 0 Å². The van der Waals surface area contributed by atoms with Crippen LogP contribution in [0.1, 0.15) is 47.0 Å². The normalized spacial score (nSPS) is 19.4. The summed E-state index contributed by atoms with van der Waals surface area (Å²) in [5.74, 6) is 1.61. The van der Waals surface area contributed by atoms with Gasteiger partial charge in [0.2, 0.25) is 0 Å². The van der Waals surface area contributed by atoms with Crippen LogP contribution in [0.25, 0.3) is 0 Å². The van der Waals surface area contributed by atoms with Crippen molar-refractivity contribution in [2.75, 3.05) is 0 Å². The molecule has 0 N–H and O–H groups in total. The van der Waals surface area contributed by atoms with Gasteiger partial charge in [-0.3, -0.25) is 0 Å². The van der Waals surface area contributed by atoms with Gasteiger partial charge in [0.05, 0.1) is 0 Å². The summed E-state index contributed by atoms with van der Waals surface area (Å²) in [5, 5.41) is 0.337. The van der Waals surface area contributed by atoms with Crippen LogP contribution in [0.2, 0.25) is 0 Å². The van der Waals surface area contributed by atoms with Crippen LogP contribution in [0.15, 0.2) is 0 Å². The molecule has 0 aliphatic rings.